The number of rotatable bonds is 8. The average Bonchev–Trinajstić information content (AvgIpc) is 3.48. The highest BCUT2D eigenvalue weighted by Gasteiger charge is 2.26. The number of methoxy groups -OCH3 is 1. The van der Waals surface area contributed by atoms with E-state index >= 15 is 0 Å². The lowest BCUT2D eigenvalue weighted by Gasteiger charge is -2.34. The van der Waals surface area contributed by atoms with Crippen LogP contribution in [0.4, 0.5) is 10.5 Å². The van der Waals surface area contributed by atoms with E-state index in [-0.39, 0.29) is 18.4 Å². The second kappa shape index (κ2) is 10.7. The van der Waals surface area contributed by atoms with Crippen molar-refractivity contribution < 1.29 is 19.1 Å². The summed E-state index contributed by atoms with van der Waals surface area (Å²) in [7, 11) is 1.59. The second-order valence-corrected chi connectivity index (χ2v) is 9.44. The molecule has 3 amide bonds. The predicted octanol–water partition coefficient (Wildman–Crippen LogP) is 3.05. The average molecular weight is 496 g/mol. The first-order chi connectivity index (χ1) is 16.9. The van der Waals surface area contributed by atoms with Crippen LogP contribution in [0.5, 0.6) is 5.75 Å². The summed E-state index contributed by atoms with van der Waals surface area (Å²) in [5.74, 6) is 0.104. The summed E-state index contributed by atoms with van der Waals surface area (Å²) in [5, 5.41) is 4.87. The molecule has 1 fully saturated rings. The summed E-state index contributed by atoms with van der Waals surface area (Å²) in [6, 6.07) is 12.5. The summed E-state index contributed by atoms with van der Waals surface area (Å²) in [6.07, 6.45) is 0. The fourth-order valence-electron chi connectivity index (χ4n) is 4.16. The van der Waals surface area contributed by atoms with E-state index in [1.165, 1.54) is 0 Å². The Labute approximate surface area is 208 Å². The van der Waals surface area contributed by atoms with Gasteiger partial charge in [-0.3, -0.25) is 14.5 Å². The third kappa shape index (κ3) is 5.72. The van der Waals surface area contributed by atoms with Crippen LogP contribution in [0.15, 0.2) is 47.8 Å². The highest BCUT2D eigenvalue weighted by Crippen LogP contribution is 2.21. The maximum absolute atomic E-state index is 13.2. The smallest absolute Gasteiger partial charge is 0.321 e. The minimum Gasteiger partial charge on any atom is -0.497 e. The van der Waals surface area contributed by atoms with E-state index in [0.717, 1.165) is 10.6 Å². The molecule has 0 atom stereocenters. The van der Waals surface area contributed by atoms with Gasteiger partial charge in [0.1, 0.15) is 5.75 Å². The van der Waals surface area contributed by atoms with E-state index < -0.39 is 5.91 Å². The number of piperazine rings is 1. The van der Waals surface area contributed by atoms with Gasteiger partial charge >= 0.3 is 6.03 Å². The third-order valence-electron chi connectivity index (χ3n) is 6.18. The topological polar surface area (TPSA) is 110 Å². The van der Waals surface area contributed by atoms with Crippen molar-refractivity contribution in [1.82, 2.24) is 14.4 Å². The maximum atomic E-state index is 13.2. The number of benzene rings is 1. The lowest BCUT2D eigenvalue weighted by Crippen LogP contribution is -2.51. The molecule has 3 heterocycles. The molecule has 0 radical (unpaired) electrons. The maximum Gasteiger partial charge on any atom is 0.321 e. The largest absolute Gasteiger partial charge is 0.497 e. The Morgan fingerprint density at radius 3 is 2.40 bits per heavy atom. The van der Waals surface area contributed by atoms with Crippen LogP contribution in [-0.4, -0.2) is 71.9 Å². The molecule has 1 saturated heterocycles. The van der Waals surface area contributed by atoms with Gasteiger partial charge in [-0.15, -0.1) is 11.3 Å². The minimum absolute atomic E-state index is 0.0757. The summed E-state index contributed by atoms with van der Waals surface area (Å²) in [4.78, 5) is 42.6. The number of hydrogen-bond donors (Lipinski definition) is 2. The molecule has 0 spiro atoms. The molecule has 4 rings (SSSR count). The summed E-state index contributed by atoms with van der Waals surface area (Å²) < 4.78 is 7.01. The zero-order valence-electron chi connectivity index (χ0n) is 19.8. The standard InChI is InChI=1S/C25H29N5O4S/c1-17-21(24(26)32)14-22(30(17)15-20-4-3-13-35-20)23(31)16-28-9-11-29(12-10-28)25(33)27-18-5-7-19(34-2)8-6-18/h3-8,13-14H,9-12,15-16H2,1-2H3,(H2,26,32)(H,27,33). The monoisotopic (exact) mass is 495 g/mol. The Morgan fingerprint density at radius 2 is 1.80 bits per heavy atom. The molecule has 1 aromatic carbocycles. The van der Waals surface area contributed by atoms with Crippen LogP contribution in [0.1, 0.15) is 31.4 Å². The SMILES string of the molecule is COc1ccc(NC(=O)N2CCN(CC(=O)c3cc(C(N)=O)c(C)n3Cc3cccs3)CC2)cc1. The van der Waals surface area contributed by atoms with Crippen molar-refractivity contribution in [2.45, 2.75) is 13.5 Å². The number of carbonyl (C=O) groups excluding carboxylic acids is 3. The molecule has 0 saturated carbocycles. The Kier molecular flexibility index (Phi) is 7.52. The number of ketones is 1. The Morgan fingerprint density at radius 1 is 1.09 bits per heavy atom. The van der Waals surface area contributed by atoms with Gasteiger partial charge in [-0.2, -0.15) is 0 Å². The Hall–Kier alpha value is -3.63. The highest BCUT2D eigenvalue weighted by molar-refractivity contribution is 7.09. The fraction of sp³-hybridized carbons (Fsp3) is 0.320. The van der Waals surface area contributed by atoms with Gasteiger partial charge in [0, 0.05) is 42.4 Å². The van der Waals surface area contributed by atoms with Crippen LogP contribution in [-0.2, 0) is 6.54 Å². The minimum atomic E-state index is -0.544. The molecular formula is C25H29N5O4S. The van der Waals surface area contributed by atoms with Crippen LogP contribution in [0, 0.1) is 6.92 Å². The number of aromatic nitrogens is 1. The molecule has 1 aliphatic heterocycles. The number of carbonyl (C=O) groups is 3. The van der Waals surface area contributed by atoms with E-state index in [9.17, 15) is 14.4 Å². The zero-order valence-corrected chi connectivity index (χ0v) is 20.6. The molecule has 1 aliphatic rings. The quantitative estimate of drug-likeness (QED) is 0.467. The van der Waals surface area contributed by atoms with Crippen LogP contribution >= 0.6 is 11.3 Å². The number of ether oxygens (including phenoxy) is 1. The number of Topliss-reactive ketones (excluding diaryl/α,β-unsaturated/α-hetero) is 1. The van der Waals surface area contributed by atoms with Crippen molar-refractivity contribution in [3.63, 3.8) is 0 Å². The van der Waals surface area contributed by atoms with Crippen LogP contribution < -0.4 is 15.8 Å². The molecule has 0 bridgehead atoms. The van der Waals surface area contributed by atoms with Gasteiger partial charge in [-0.1, -0.05) is 6.07 Å². The fourth-order valence-corrected chi connectivity index (χ4v) is 4.85. The molecule has 9 nitrogen and oxygen atoms in total. The number of urea groups is 1. The second-order valence-electron chi connectivity index (χ2n) is 8.40. The molecule has 35 heavy (non-hydrogen) atoms. The molecule has 10 heteroatoms. The number of nitrogens with one attached hydrogen (secondary N) is 1. The van der Waals surface area contributed by atoms with Crippen LogP contribution in [0.2, 0.25) is 0 Å². The van der Waals surface area contributed by atoms with E-state index in [1.807, 2.05) is 33.9 Å². The van der Waals surface area contributed by atoms with E-state index in [1.54, 1.807) is 53.7 Å². The third-order valence-corrected chi connectivity index (χ3v) is 7.04. The number of anilines is 1. The lowest BCUT2D eigenvalue weighted by atomic mass is 10.2. The van der Waals surface area contributed by atoms with Crippen molar-refractivity contribution in [2.75, 3.05) is 45.2 Å². The number of nitrogens with zero attached hydrogens (tertiary/aromatic N) is 3. The van der Waals surface area contributed by atoms with E-state index in [4.69, 9.17) is 10.5 Å². The summed E-state index contributed by atoms with van der Waals surface area (Å²) >= 11 is 1.60. The zero-order chi connectivity index (χ0) is 24.9. The van der Waals surface area contributed by atoms with Gasteiger partial charge in [0.15, 0.2) is 5.78 Å². The molecule has 2 aromatic heterocycles. The number of thiophene rings is 1. The van der Waals surface area contributed by atoms with Crippen LogP contribution in [0.25, 0.3) is 0 Å². The lowest BCUT2D eigenvalue weighted by molar-refractivity contribution is 0.0875. The first-order valence-electron chi connectivity index (χ1n) is 11.3. The van der Waals surface area contributed by atoms with Gasteiger partial charge in [-0.05, 0) is 48.7 Å². The number of primary amides is 1. The first-order valence-corrected chi connectivity index (χ1v) is 12.2. The highest BCUT2D eigenvalue weighted by atomic mass is 32.1. The Balaban J connectivity index is 1.36. The van der Waals surface area contributed by atoms with Crippen LogP contribution in [0.3, 0.4) is 0 Å². The van der Waals surface area contributed by atoms with Crippen molar-refractivity contribution in [3.05, 3.63) is 69.7 Å². The molecule has 184 valence electrons. The normalized spacial score (nSPS) is 14.1. The Bertz CT molecular complexity index is 1200. The molecule has 3 N–H and O–H groups in total. The van der Waals surface area contributed by atoms with Crippen molar-refractivity contribution in [1.29, 1.82) is 0 Å². The summed E-state index contributed by atoms with van der Waals surface area (Å²) in [6.45, 7) is 4.71. The van der Waals surface area contributed by atoms with E-state index in [0.29, 0.717) is 55.4 Å². The van der Waals surface area contributed by atoms with Crippen molar-refractivity contribution in [2.24, 2.45) is 5.73 Å². The van der Waals surface area contributed by atoms with Gasteiger partial charge < -0.3 is 25.3 Å². The van der Waals surface area contributed by atoms with Crippen molar-refractivity contribution >= 4 is 34.7 Å². The van der Waals surface area contributed by atoms with Gasteiger partial charge in [0.25, 0.3) is 5.91 Å². The first kappa shape index (κ1) is 24.5. The van der Waals surface area contributed by atoms with Gasteiger partial charge in [0.2, 0.25) is 0 Å². The van der Waals surface area contributed by atoms with Gasteiger partial charge in [-0.25, -0.2) is 4.79 Å². The summed E-state index contributed by atoms with van der Waals surface area (Å²) in [5.41, 5.74) is 7.77. The molecule has 0 aliphatic carbocycles. The molecule has 0 unspecified atom stereocenters. The van der Waals surface area contributed by atoms with Crippen molar-refractivity contribution in [3.8, 4) is 5.75 Å². The molecule has 3 aromatic rings. The van der Waals surface area contributed by atoms with Gasteiger partial charge in [0.05, 0.1) is 31.5 Å². The number of amides is 3. The number of hydrogen-bond acceptors (Lipinski definition) is 6. The number of nitrogens with two attached hydrogens (primary N) is 1. The molecular weight excluding hydrogens is 466 g/mol. The predicted molar refractivity (Wildman–Crippen MR) is 135 cm³/mol. The van der Waals surface area contributed by atoms with E-state index in [2.05, 4.69) is 5.32 Å².